The van der Waals surface area contributed by atoms with Crippen LogP contribution in [0.5, 0.6) is 0 Å². The summed E-state index contributed by atoms with van der Waals surface area (Å²) in [4.78, 5) is 0. The Morgan fingerprint density at radius 3 is 1.52 bits per heavy atom. The summed E-state index contributed by atoms with van der Waals surface area (Å²) in [6, 6.07) is 30.9. The topological polar surface area (TPSA) is 0 Å². The minimum absolute atomic E-state index is 0.0933. The van der Waals surface area contributed by atoms with Crippen LogP contribution in [0.25, 0.3) is 32.3 Å². The fourth-order valence-corrected chi connectivity index (χ4v) is 4.92. The summed E-state index contributed by atoms with van der Waals surface area (Å²) in [5.41, 5.74) is 5.20. The average Bonchev–Trinajstić information content (AvgIpc) is 2.70. The third kappa shape index (κ3) is 2.30. The SMILES string of the molecule is ClC1c2cc3ccccc3cc2Cc2cc3cc4ccccc4cc3cc21. The van der Waals surface area contributed by atoms with Gasteiger partial charge in [-0.3, -0.25) is 0 Å². The van der Waals surface area contributed by atoms with Crippen LogP contribution in [0.1, 0.15) is 27.6 Å². The molecular weight excluding hydrogens is 348 g/mol. The highest BCUT2D eigenvalue weighted by Gasteiger charge is 2.24. The Kier molecular flexibility index (Phi) is 3.15. The van der Waals surface area contributed by atoms with Gasteiger partial charge in [0.25, 0.3) is 0 Å². The predicted octanol–water partition coefficient (Wildman–Crippen LogP) is 7.38. The van der Waals surface area contributed by atoms with Gasteiger partial charge in [-0.25, -0.2) is 0 Å². The third-order valence-electron chi connectivity index (χ3n) is 5.90. The van der Waals surface area contributed by atoms with Crippen molar-refractivity contribution in [3.63, 3.8) is 0 Å². The van der Waals surface area contributed by atoms with Crippen LogP contribution < -0.4 is 0 Å². The number of halogens is 1. The van der Waals surface area contributed by atoms with E-state index in [-0.39, 0.29) is 5.38 Å². The van der Waals surface area contributed by atoms with Gasteiger partial charge in [-0.2, -0.15) is 0 Å². The molecule has 5 aromatic rings. The number of hydrogen-bond acceptors (Lipinski definition) is 0. The molecule has 1 heteroatoms. The van der Waals surface area contributed by atoms with Crippen LogP contribution in [0.2, 0.25) is 0 Å². The molecule has 0 N–H and O–H groups in total. The van der Waals surface area contributed by atoms with E-state index in [9.17, 15) is 0 Å². The van der Waals surface area contributed by atoms with Crippen molar-refractivity contribution < 1.29 is 0 Å². The van der Waals surface area contributed by atoms with Crippen LogP contribution in [-0.2, 0) is 6.42 Å². The molecule has 0 nitrogen and oxygen atoms in total. The monoisotopic (exact) mass is 364 g/mol. The van der Waals surface area contributed by atoms with E-state index in [1.807, 2.05) is 0 Å². The smallest absolute Gasteiger partial charge is 0.0841 e. The summed E-state index contributed by atoms with van der Waals surface area (Å²) < 4.78 is 0. The van der Waals surface area contributed by atoms with E-state index in [0.717, 1.165) is 6.42 Å². The van der Waals surface area contributed by atoms with Gasteiger partial charge in [0.15, 0.2) is 0 Å². The highest BCUT2D eigenvalue weighted by molar-refractivity contribution is 6.23. The first-order valence-corrected chi connectivity index (χ1v) is 9.81. The van der Waals surface area contributed by atoms with E-state index in [1.54, 1.807) is 0 Å². The van der Waals surface area contributed by atoms with Crippen LogP contribution in [0.3, 0.4) is 0 Å². The molecule has 0 amide bonds. The number of hydrogen-bond donors (Lipinski definition) is 0. The third-order valence-corrected chi connectivity index (χ3v) is 6.37. The first-order valence-electron chi connectivity index (χ1n) is 9.37. The number of fused-ring (bicyclic) bond motifs is 5. The van der Waals surface area contributed by atoms with E-state index in [1.165, 1.54) is 54.6 Å². The highest BCUT2D eigenvalue weighted by Crippen LogP contribution is 2.42. The summed E-state index contributed by atoms with van der Waals surface area (Å²) in [7, 11) is 0. The van der Waals surface area contributed by atoms with Crippen molar-refractivity contribution in [1.29, 1.82) is 0 Å². The van der Waals surface area contributed by atoms with Gasteiger partial charge in [-0.05, 0) is 85.3 Å². The lowest BCUT2D eigenvalue weighted by Gasteiger charge is -2.26. The second-order valence-electron chi connectivity index (χ2n) is 7.54. The molecule has 0 saturated heterocycles. The highest BCUT2D eigenvalue weighted by atomic mass is 35.5. The standard InChI is InChI=1S/C26H17Cl/c27-26-24-14-19-8-4-3-7-18(19)11-22(24)13-23-12-20-9-16-5-1-2-6-17(16)10-21(20)15-25(23)26/h1-12,14-15,26H,13H2. The fourth-order valence-electron chi connectivity index (χ4n) is 4.51. The quantitative estimate of drug-likeness (QED) is 0.198. The summed E-state index contributed by atoms with van der Waals surface area (Å²) in [5, 5.41) is 7.58. The zero-order chi connectivity index (χ0) is 18.0. The maximum absolute atomic E-state index is 7.00. The maximum atomic E-state index is 7.00. The van der Waals surface area contributed by atoms with Gasteiger partial charge in [0.2, 0.25) is 0 Å². The predicted molar refractivity (Wildman–Crippen MR) is 116 cm³/mol. The normalized spacial score (nSPS) is 15.8. The fraction of sp³-hybridized carbons (Fsp3) is 0.0769. The van der Waals surface area contributed by atoms with Crippen molar-refractivity contribution >= 4 is 43.9 Å². The van der Waals surface area contributed by atoms with Gasteiger partial charge in [-0.15, -0.1) is 11.6 Å². The molecule has 1 unspecified atom stereocenters. The molecule has 0 spiro atoms. The lowest BCUT2D eigenvalue weighted by Crippen LogP contribution is -2.10. The molecular formula is C26H17Cl. The number of benzene rings is 5. The number of alkyl halides is 1. The molecule has 1 aliphatic rings. The second kappa shape index (κ2) is 5.58. The van der Waals surface area contributed by atoms with Gasteiger partial charge in [0, 0.05) is 0 Å². The van der Waals surface area contributed by atoms with Gasteiger partial charge < -0.3 is 0 Å². The van der Waals surface area contributed by atoms with Crippen molar-refractivity contribution in [3.8, 4) is 0 Å². The molecule has 6 rings (SSSR count). The zero-order valence-electron chi connectivity index (χ0n) is 14.7. The molecule has 1 aliphatic carbocycles. The Morgan fingerprint density at radius 2 is 0.926 bits per heavy atom. The first kappa shape index (κ1) is 15.2. The van der Waals surface area contributed by atoms with Crippen molar-refractivity contribution in [1.82, 2.24) is 0 Å². The minimum Gasteiger partial charge on any atom is -0.113 e. The summed E-state index contributed by atoms with van der Waals surface area (Å²) in [5.74, 6) is 0. The van der Waals surface area contributed by atoms with Gasteiger partial charge in [-0.1, -0.05) is 60.7 Å². The van der Waals surface area contributed by atoms with Gasteiger partial charge in [0.1, 0.15) is 0 Å². The Bertz CT molecular complexity index is 1360. The molecule has 1 atom stereocenters. The van der Waals surface area contributed by atoms with Crippen LogP contribution >= 0.6 is 11.6 Å². The molecule has 0 aromatic heterocycles. The Balaban J connectivity index is 1.59. The first-order chi connectivity index (χ1) is 13.3. The Labute approximate surface area is 163 Å². The Hall–Kier alpha value is -2.83. The van der Waals surface area contributed by atoms with E-state index >= 15 is 0 Å². The van der Waals surface area contributed by atoms with Crippen molar-refractivity contribution in [2.24, 2.45) is 0 Å². The summed E-state index contributed by atoms with van der Waals surface area (Å²) >= 11 is 7.00. The van der Waals surface area contributed by atoms with E-state index < -0.39 is 0 Å². The second-order valence-corrected chi connectivity index (χ2v) is 7.97. The molecule has 0 aliphatic heterocycles. The van der Waals surface area contributed by atoms with E-state index in [2.05, 4.69) is 84.9 Å². The maximum Gasteiger partial charge on any atom is 0.0841 e. The van der Waals surface area contributed by atoms with Gasteiger partial charge >= 0.3 is 0 Å². The minimum atomic E-state index is -0.0933. The molecule has 0 fully saturated rings. The summed E-state index contributed by atoms with van der Waals surface area (Å²) in [6.45, 7) is 0. The zero-order valence-corrected chi connectivity index (χ0v) is 15.5. The Morgan fingerprint density at radius 1 is 0.519 bits per heavy atom. The lowest BCUT2D eigenvalue weighted by molar-refractivity contribution is 0.986. The van der Waals surface area contributed by atoms with Crippen LogP contribution in [-0.4, -0.2) is 0 Å². The van der Waals surface area contributed by atoms with Crippen molar-refractivity contribution in [2.75, 3.05) is 0 Å². The van der Waals surface area contributed by atoms with E-state index in [0.29, 0.717) is 0 Å². The molecule has 27 heavy (non-hydrogen) atoms. The van der Waals surface area contributed by atoms with Crippen molar-refractivity contribution in [3.05, 3.63) is 107 Å². The molecule has 0 radical (unpaired) electrons. The van der Waals surface area contributed by atoms with Crippen molar-refractivity contribution in [2.45, 2.75) is 11.8 Å². The van der Waals surface area contributed by atoms with Gasteiger partial charge in [0.05, 0.1) is 5.38 Å². The van der Waals surface area contributed by atoms with Crippen LogP contribution in [0, 0.1) is 0 Å². The molecule has 5 aromatic carbocycles. The molecule has 0 heterocycles. The lowest BCUT2D eigenvalue weighted by atomic mass is 9.83. The summed E-state index contributed by atoms with van der Waals surface area (Å²) in [6.07, 6.45) is 0.946. The molecule has 0 bridgehead atoms. The number of rotatable bonds is 0. The molecule has 0 saturated carbocycles. The van der Waals surface area contributed by atoms with Crippen LogP contribution in [0.4, 0.5) is 0 Å². The molecule has 128 valence electrons. The largest absolute Gasteiger partial charge is 0.113 e. The van der Waals surface area contributed by atoms with E-state index in [4.69, 9.17) is 11.6 Å². The average molecular weight is 365 g/mol. The van der Waals surface area contributed by atoms with Crippen LogP contribution in [0.15, 0.2) is 84.9 Å².